The lowest BCUT2D eigenvalue weighted by molar-refractivity contribution is -0.385. The summed E-state index contributed by atoms with van der Waals surface area (Å²) >= 11 is 0. The lowest BCUT2D eigenvalue weighted by Gasteiger charge is -2.26. The number of nitrogens with zero attached hydrogens (tertiary/aromatic N) is 2. The summed E-state index contributed by atoms with van der Waals surface area (Å²) in [5, 5.41) is 11.2. The molecule has 0 aliphatic carbocycles. The van der Waals surface area contributed by atoms with Crippen LogP contribution in [0, 0.1) is 22.9 Å². The smallest absolute Gasteiger partial charge is 0.276 e. The molecule has 1 saturated heterocycles. The van der Waals surface area contributed by atoms with Crippen LogP contribution >= 0.6 is 0 Å². The fourth-order valence-electron chi connectivity index (χ4n) is 3.40. The zero-order valence-corrected chi connectivity index (χ0v) is 16.4. The molecule has 2 aromatic rings. The van der Waals surface area contributed by atoms with Crippen LogP contribution in [0.3, 0.4) is 0 Å². The van der Waals surface area contributed by atoms with Crippen molar-refractivity contribution < 1.29 is 23.6 Å². The summed E-state index contributed by atoms with van der Waals surface area (Å²) in [5.74, 6) is -0.602. The summed E-state index contributed by atoms with van der Waals surface area (Å²) in [5.41, 5.74) is 0.273. The second-order valence-electron chi connectivity index (χ2n) is 7.03. The quantitative estimate of drug-likeness (QED) is 0.519. The van der Waals surface area contributed by atoms with Crippen molar-refractivity contribution in [2.45, 2.75) is 32.4 Å². The number of rotatable bonds is 7. The number of hydrogen-bond acceptors (Lipinski definition) is 5. The highest BCUT2D eigenvalue weighted by Gasteiger charge is 2.26. The molecule has 0 spiro atoms. The Bertz CT molecular complexity index is 912. The first-order valence-corrected chi connectivity index (χ1v) is 9.37. The van der Waals surface area contributed by atoms with Gasteiger partial charge in [0.1, 0.15) is 11.6 Å². The average molecular weight is 402 g/mol. The zero-order valence-electron chi connectivity index (χ0n) is 16.4. The van der Waals surface area contributed by atoms with Crippen molar-refractivity contribution in [3.8, 4) is 5.75 Å². The first kappa shape index (κ1) is 20.7. The third-order valence-corrected chi connectivity index (χ3v) is 5.00. The molecule has 7 nitrogen and oxygen atoms in total. The van der Waals surface area contributed by atoms with Gasteiger partial charge in [0.2, 0.25) is 0 Å². The van der Waals surface area contributed by atoms with E-state index in [0.29, 0.717) is 18.9 Å². The molecule has 1 aliphatic heterocycles. The normalized spacial score (nSPS) is 15.9. The molecule has 1 aliphatic rings. The molecule has 3 rings (SSSR count). The SMILES string of the molecule is COc1cccc(CN(CC2CCCO2)C(=O)c2cc(F)c(C)c([N+](=O)[O-])c2)c1. The molecule has 0 aromatic heterocycles. The first-order chi connectivity index (χ1) is 13.9. The minimum Gasteiger partial charge on any atom is -0.497 e. The van der Waals surface area contributed by atoms with E-state index in [-0.39, 0.29) is 23.8 Å². The van der Waals surface area contributed by atoms with E-state index in [0.717, 1.165) is 30.5 Å². The van der Waals surface area contributed by atoms with Crippen LogP contribution in [0.15, 0.2) is 36.4 Å². The highest BCUT2D eigenvalue weighted by atomic mass is 19.1. The second kappa shape index (κ2) is 9.00. The van der Waals surface area contributed by atoms with Gasteiger partial charge < -0.3 is 14.4 Å². The number of amides is 1. The third kappa shape index (κ3) is 4.89. The van der Waals surface area contributed by atoms with Crippen LogP contribution in [0.2, 0.25) is 0 Å². The number of methoxy groups -OCH3 is 1. The van der Waals surface area contributed by atoms with Crippen molar-refractivity contribution in [3.63, 3.8) is 0 Å². The van der Waals surface area contributed by atoms with E-state index in [2.05, 4.69) is 0 Å². The van der Waals surface area contributed by atoms with E-state index < -0.39 is 22.3 Å². The zero-order chi connectivity index (χ0) is 21.0. The summed E-state index contributed by atoms with van der Waals surface area (Å²) in [6.07, 6.45) is 1.62. The molecule has 1 amide bonds. The molecule has 154 valence electrons. The molecule has 0 bridgehead atoms. The Morgan fingerprint density at radius 1 is 1.38 bits per heavy atom. The topological polar surface area (TPSA) is 81.9 Å². The Balaban J connectivity index is 1.92. The maximum absolute atomic E-state index is 14.2. The van der Waals surface area contributed by atoms with Crippen LogP contribution in [0.5, 0.6) is 5.75 Å². The van der Waals surface area contributed by atoms with Crippen LogP contribution in [0.25, 0.3) is 0 Å². The molecular weight excluding hydrogens is 379 g/mol. The number of carbonyl (C=O) groups excluding carboxylic acids is 1. The van der Waals surface area contributed by atoms with Gasteiger partial charge in [0.05, 0.1) is 23.7 Å². The number of ether oxygens (including phenoxy) is 2. The lowest BCUT2D eigenvalue weighted by atomic mass is 10.1. The van der Waals surface area contributed by atoms with E-state index >= 15 is 0 Å². The Kier molecular flexibility index (Phi) is 6.43. The van der Waals surface area contributed by atoms with Gasteiger partial charge in [-0.1, -0.05) is 12.1 Å². The summed E-state index contributed by atoms with van der Waals surface area (Å²) in [6, 6.07) is 9.48. The molecule has 0 N–H and O–H groups in total. The number of hydrogen-bond donors (Lipinski definition) is 0. The summed E-state index contributed by atoms with van der Waals surface area (Å²) in [4.78, 5) is 25.3. The predicted octanol–water partition coefficient (Wildman–Crippen LogP) is 3.87. The van der Waals surface area contributed by atoms with Gasteiger partial charge in [-0.15, -0.1) is 0 Å². The molecule has 2 aromatic carbocycles. The van der Waals surface area contributed by atoms with Gasteiger partial charge in [-0.05, 0) is 43.5 Å². The lowest BCUT2D eigenvalue weighted by Crippen LogP contribution is -2.37. The second-order valence-corrected chi connectivity index (χ2v) is 7.03. The number of nitro benzene ring substituents is 1. The predicted molar refractivity (Wildman–Crippen MR) is 104 cm³/mol. The number of nitro groups is 1. The highest BCUT2D eigenvalue weighted by molar-refractivity contribution is 5.95. The van der Waals surface area contributed by atoms with Gasteiger partial charge in [-0.3, -0.25) is 14.9 Å². The maximum Gasteiger partial charge on any atom is 0.276 e. The van der Waals surface area contributed by atoms with E-state index in [1.54, 1.807) is 18.1 Å². The van der Waals surface area contributed by atoms with Gasteiger partial charge in [-0.2, -0.15) is 0 Å². The molecule has 1 atom stereocenters. The molecule has 0 saturated carbocycles. The van der Waals surface area contributed by atoms with Crippen molar-refractivity contribution in [1.29, 1.82) is 0 Å². The molecule has 1 fully saturated rings. The number of benzene rings is 2. The van der Waals surface area contributed by atoms with Crippen molar-refractivity contribution in [2.24, 2.45) is 0 Å². The fourth-order valence-corrected chi connectivity index (χ4v) is 3.40. The van der Waals surface area contributed by atoms with E-state index in [9.17, 15) is 19.3 Å². The number of carbonyl (C=O) groups is 1. The van der Waals surface area contributed by atoms with Gasteiger partial charge in [0, 0.05) is 31.3 Å². The van der Waals surface area contributed by atoms with Gasteiger partial charge >= 0.3 is 0 Å². The minimum absolute atomic E-state index is 0.0549. The third-order valence-electron chi connectivity index (χ3n) is 5.00. The maximum atomic E-state index is 14.2. The molecule has 1 heterocycles. The fraction of sp³-hybridized carbons (Fsp3) is 0.381. The molecule has 1 unspecified atom stereocenters. The van der Waals surface area contributed by atoms with E-state index in [4.69, 9.17) is 9.47 Å². The Morgan fingerprint density at radius 2 is 2.17 bits per heavy atom. The van der Waals surface area contributed by atoms with Crippen LogP contribution in [0.4, 0.5) is 10.1 Å². The van der Waals surface area contributed by atoms with Crippen LogP contribution in [0.1, 0.15) is 34.3 Å². The van der Waals surface area contributed by atoms with Crippen molar-refractivity contribution in [2.75, 3.05) is 20.3 Å². The van der Waals surface area contributed by atoms with Crippen molar-refractivity contribution >= 4 is 11.6 Å². The Hall–Kier alpha value is -3.00. The molecule has 29 heavy (non-hydrogen) atoms. The van der Waals surface area contributed by atoms with Crippen LogP contribution < -0.4 is 4.74 Å². The van der Waals surface area contributed by atoms with Crippen LogP contribution in [-0.4, -0.2) is 42.1 Å². The molecule has 0 radical (unpaired) electrons. The van der Waals surface area contributed by atoms with Crippen LogP contribution in [-0.2, 0) is 11.3 Å². The van der Waals surface area contributed by atoms with Crippen molar-refractivity contribution in [1.82, 2.24) is 4.90 Å². The molecular formula is C21H23FN2O5. The minimum atomic E-state index is -0.777. The van der Waals surface area contributed by atoms with Gasteiger partial charge in [0.15, 0.2) is 0 Å². The standard InChI is InChI=1S/C21H23FN2O5/c1-14-19(22)10-16(11-20(14)24(26)27)21(25)23(13-18-7-4-8-29-18)12-15-5-3-6-17(9-15)28-2/h3,5-6,9-11,18H,4,7-8,12-13H2,1-2H3. The van der Waals surface area contributed by atoms with E-state index in [1.807, 2.05) is 18.2 Å². The first-order valence-electron chi connectivity index (χ1n) is 9.37. The largest absolute Gasteiger partial charge is 0.497 e. The van der Waals surface area contributed by atoms with Crippen molar-refractivity contribution in [3.05, 3.63) is 69.0 Å². The monoisotopic (exact) mass is 402 g/mol. The highest BCUT2D eigenvalue weighted by Crippen LogP contribution is 2.25. The molecule has 8 heteroatoms. The summed E-state index contributed by atoms with van der Waals surface area (Å²) < 4.78 is 25.1. The number of halogens is 1. The van der Waals surface area contributed by atoms with Gasteiger partial charge in [-0.25, -0.2) is 4.39 Å². The average Bonchev–Trinajstić information content (AvgIpc) is 3.22. The van der Waals surface area contributed by atoms with Gasteiger partial charge in [0.25, 0.3) is 11.6 Å². The Labute approximate surface area is 168 Å². The summed E-state index contributed by atoms with van der Waals surface area (Å²) in [7, 11) is 1.56. The Morgan fingerprint density at radius 3 is 2.83 bits per heavy atom. The summed E-state index contributed by atoms with van der Waals surface area (Å²) in [6.45, 7) is 2.52. The van der Waals surface area contributed by atoms with E-state index in [1.165, 1.54) is 6.92 Å².